The first kappa shape index (κ1) is 16.3. The summed E-state index contributed by atoms with van der Waals surface area (Å²) in [7, 11) is 0. The van der Waals surface area contributed by atoms with Crippen LogP contribution >= 0.6 is 0 Å². The number of ether oxygens (including phenoxy) is 1. The second kappa shape index (κ2) is 6.63. The fourth-order valence-electron chi connectivity index (χ4n) is 3.79. The van der Waals surface area contributed by atoms with Crippen LogP contribution in [0.3, 0.4) is 0 Å². The molecule has 1 fully saturated rings. The molecule has 0 spiro atoms. The largest absolute Gasteiger partial charge is 0.381 e. The van der Waals surface area contributed by atoms with Crippen LogP contribution in [-0.2, 0) is 9.53 Å². The van der Waals surface area contributed by atoms with Gasteiger partial charge in [0.25, 0.3) is 5.91 Å². The Balaban J connectivity index is 1.55. The Morgan fingerprint density at radius 2 is 2.04 bits per heavy atom. The van der Waals surface area contributed by atoms with Crippen LogP contribution in [0.5, 0.6) is 0 Å². The third-order valence-electron chi connectivity index (χ3n) is 5.15. The lowest BCUT2D eigenvalue weighted by molar-refractivity contribution is -0.133. The average molecular weight is 349 g/mol. The zero-order chi connectivity index (χ0) is 17.4. The lowest BCUT2D eigenvalue weighted by Crippen LogP contribution is -2.56. The maximum atomic E-state index is 14.7. The fraction of sp³-hybridized carbons (Fsp3) is 0.500. The Labute approximate surface area is 145 Å². The monoisotopic (exact) mass is 349 g/mol. The Morgan fingerprint density at radius 1 is 1.24 bits per heavy atom. The van der Waals surface area contributed by atoms with Gasteiger partial charge in [-0.1, -0.05) is 12.1 Å². The topological polar surface area (TPSA) is 53.6 Å². The number of benzene rings is 1. The fourth-order valence-corrected chi connectivity index (χ4v) is 3.79. The Morgan fingerprint density at radius 3 is 2.80 bits per heavy atom. The summed E-state index contributed by atoms with van der Waals surface area (Å²) in [5.41, 5.74) is 0.984. The van der Waals surface area contributed by atoms with Crippen LogP contribution in [0.25, 0.3) is 0 Å². The normalized spacial score (nSPS) is 27.6. The Bertz CT molecular complexity index is 703. The van der Waals surface area contributed by atoms with E-state index in [1.165, 1.54) is 12.1 Å². The van der Waals surface area contributed by atoms with Gasteiger partial charge in [-0.05, 0) is 30.5 Å². The van der Waals surface area contributed by atoms with Gasteiger partial charge in [0.1, 0.15) is 17.8 Å². The van der Waals surface area contributed by atoms with Gasteiger partial charge in [0.05, 0.1) is 18.3 Å². The van der Waals surface area contributed by atoms with Crippen molar-refractivity contribution in [1.82, 2.24) is 15.5 Å². The van der Waals surface area contributed by atoms with E-state index in [0.717, 1.165) is 12.8 Å². The van der Waals surface area contributed by atoms with Crippen molar-refractivity contribution in [2.75, 3.05) is 19.9 Å². The summed E-state index contributed by atoms with van der Waals surface area (Å²) in [4.78, 5) is 14.6. The molecule has 2 atom stereocenters. The molecule has 1 aromatic carbocycles. The van der Waals surface area contributed by atoms with E-state index in [1.54, 1.807) is 17.0 Å². The van der Waals surface area contributed by atoms with Crippen LogP contribution in [0, 0.1) is 5.82 Å². The molecule has 4 rings (SSSR count). The zero-order valence-electron chi connectivity index (χ0n) is 13.8. The maximum Gasteiger partial charge on any atom is 0.255 e. The van der Waals surface area contributed by atoms with E-state index in [-0.39, 0.29) is 18.4 Å². The molecular formula is C18H21F2N3O2. The van der Waals surface area contributed by atoms with Crippen molar-refractivity contribution < 1.29 is 18.3 Å². The molecular weight excluding hydrogens is 328 g/mol. The summed E-state index contributed by atoms with van der Waals surface area (Å²) in [6, 6.07) is 5.38. The molecule has 7 heteroatoms. The highest BCUT2D eigenvalue weighted by Crippen LogP contribution is 2.33. The van der Waals surface area contributed by atoms with E-state index in [0.29, 0.717) is 36.8 Å². The van der Waals surface area contributed by atoms with E-state index in [1.807, 2.05) is 0 Å². The first-order valence-corrected chi connectivity index (χ1v) is 8.65. The molecule has 3 aliphatic rings. The van der Waals surface area contributed by atoms with Crippen LogP contribution in [0.2, 0.25) is 0 Å². The van der Waals surface area contributed by atoms with Crippen LogP contribution in [0.4, 0.5) is 8.78 Å². The molecule has 25 heavy (non-hydrogen) atoms. The van der Waals surface area contributed by atoms with Crippen molar-refractivity contribution in [3.05, 3.63) is 47.0 Å². The minimum Gasteiger partial charge on any atom is -0.381 e. The first-order chi connectivity index (χ1) is 12.1. The average Bonchev–Trinajstić information content (AvgIpc) is 2.63. The van der Waals surface area contributed by atoms with Crippen LogP contribution in [-0.4, -0.2) is 42.9 Å². The quantitative estimate of drug-likeness (QED) is 0.857. The van der Waals surface area contributed by atoms with Gasteiger partial charge in [-0.15, -0.1) is 0 Å². The van der Waals surface area contributed by atoms with Gasteiger partial charge in [-0.2, -0.15) is 0 Å². The van der Waals surface area contributed by atoms with Crippen molar-refractivity contribution in [1.29, 1.82) is 0 Å². The number of halogens is 2. The molecule has 1 saturated heterocycles. The zero-order valence-corrected chi connectivity index (χ0v) is 13.8. The molecule has 5 nitrogen and oxygen atoms in total. The number of carbonyl (C=O) groups is 1. The SMILES string of the molecule is O=C1C2=C(NCN1C1CCOCC1)N[C@@H](c1cccc(F)c1)[C@@H](F)C2. The van der Waals surface area contributed by atoms with Crippen molar-refractivity contribution in [2.45, 2.75) is 37.5 Å². The molecule has 3 aliphatic heterocycles. The lowest BCUT2D eigenvalue weighted by atomic mass is 9.91. The number of nitrogens with one attached hydrogen (secondary N) is 2. The van der Waals surface area contributed by atoms with Gasteiger partial charge in [0.15, 0.2) is 0 Å². The van der Waals surface area contributed by atoms with Gasteiger partial charge in [-0.25, -0.2) is 8.78 Å². The van der Waals surface area contributed by atoms with Crippen molar-refractivity contribution in [3.8, 4) is 0 Å². The van der Waals surface area contributed by atoms with Crippen molar-refractivity contribution >= 4 is 5.91 Å². The van der Waals surface area contributed by atoms with E-state index in [9.17, 15) is 13.6 Å². The van der Waals surface area contributed by atoms with Crippen LogP contribution in [0.15, 0.2) is 35.7 Å². The number of amides is 1. The Hall–Kier alpha value is -2.15. The second-order valence-electron chi connectivity index (χ2n) is 6.70. The number of carbonyl (C=O) groups excluding carboxylic acids is 1. The third kappa shape index (κ3) is 3.08. The summed E-state index contributed by atoms with van der Waals surface area (Å²) in [5, 5.41) is 6.26. The van der Waals surface area contributed by atoms with Gasteiger partial charge in [0, 0.05) is 25.7 Å². The van der Waals surface area contributed by atoms with Gasteiger partial charge >= 0.3 is 0 Å². The molecule has 0 radical (unpaired) electrons. The van der Waals surface area contributed by atoms with E-state index in [2.05, 4.69) is 10.6 Å². The number of nitrogens with zero attached hydrogens (tertiary/aromatic N) is 1. The molecule has 3 heterocycles. The highest BCUT2D eigenvalue weighted by atomic mass is 19.1. The molecule has 1 amide bonds. The molecule has 134 valence electrons. The highest BCUT2D eigenvalue weighted by Gasteiger charge is 2.39. The predicted molar refractivity (Wildman–Crippen MR) is 87.5 cm³/mol. The summed E-state index contributed by atoms with van der Waals surface area (Å²) in [5.74, 6) is 0.0506. The Kier molecular flexibility index (Phi) is 4.33. The standard InChI is InChI=1S/C18H21F2N3O2/c19-12-3-1-2-11(8-12)16-15(20)9-14-17(22-16)21-10-23(18(14)24)13-4-6-25-7-5-13/h1-3,8,13,15-16,21-22H,4-7,9-10H2/t15-,16-/m0/s1. The molecule has 2 N–H and O–H groups in total. The highest BCUT2D eigenvalue weighted by molar-refractivity contribution is 5.95. The van der Waals surface area contributed by atoms with Crippen LogP contribution in [0.1, 0.15) is 30.9 Å². The van der Waals surface area contributed by atoms with Gasteiger partial charge in [0.2, 0.25) is 0 Å². The molecule has 1 aromatic rings. The minimum absolute atomic E-state index is 0.0229. The number of alkyl halides is 1. The molecule has 0 aliphatic carbocycles. The number of hydrogen-bond donors (Lipinski definition) is 2. The van der Waals surface area contributed by atoms with Crippen LogP contribution < -0.4 is 10.6 Å². The molecule has 0 saturated carbocycles. The first-order valence-electron chi connectivity index (χ1n) is 8.65. The van der Waals surface area contributed by atoms with E-state index in [4.69, 9.17) is 4.74 Å². The van der Waals surface area contributed by atoms with Gasteiger partial charge < -0.3 is 20.3 Å². The number of rotatable bonds is 2. The number of hydrogen-bond acceptors (Lipinski definition) is 4. The summed E-state index contributed by atoms with van der Waals surface area (Å²) in [6.45, 7) is 1.68. The summed E-state index contributed by atoms with van der Waals surface area (Å²) in [6.07, 6.45) is 0.332. The summed E-state index contributed by atoms with van der Waals surface area (Å²) < 4.78 is 33.5. The smallest absolute Gasteiger partial charge is 0.255 e. The molecule has 0 bridgehead atoms. The lowest BCUT2D eigenvalue weighted by Gasteiger charge is -2.42. The van der Waals surface area contributed by atoms with Crippen molar-refractivity contribution in [3.63, 3.8) is 0 Å². The maximum absolute atomic E-state index is 14.7. The summed E-state index contributed by atoms with van der Waals surface area (Å²) >= 11 is 0. The van der Waals surface area contributed by atoms with E-state index < -0.39 is 18.0 Å². The second-order valence-corrected chi connectivity index (χ2v) is 6.70. The predicted octanol–water partition coefficient (Wildman–Crippen LogP) is 1.98. The minimum atomic E-state index is -1.29. The molecule has 0 aromatic heterocycles. The van der Waals surface area contributed by atoms with E-state index >= 15 is 0 Å². The molecule has 0 unspecified atom stereocenters. The third-order valence-corrected chi connectivity index (χ3v) is 5.15. The van der Waals surface area contributed by atoms with Crippen molar-refractivity contribution in [2.24, 2.45) is 0 Å². The van der Waals surface area contributed by atoms with Gasteiger partial charge in [-0.3, -0.25) is 4.79 Å².